The summed E-state index contributed by atoms with van der Waals surface area (Å²) < 4.78 is 43.4. The molecule has 2 unspecified atom stereocenters. The lowest BCUT2D eigenvalue weighted by molar-refractivity contribution is -0.274. The summed E-state index contributed by atoms with van der Waals surface area (Å²) in [6, 6.07) is 5.22. The average Bonchev–Trinajstić information content (AvgIpc) is 3.25. The van der Waals surface area contributed by atoms with Gasteiger partial charge < -0.3 is 15.8 Å². The fourth-order valence-corrected chi connectivity index (χ4v) is 5.49. The van der Waals surface area contributed by atoms with E-state index in [1.165, 1.54) is 28.9 Å². The largest absolute Gasteiger partial charge is 0.573 e. The maximum Gasteiger partial charge on any atom is 0.573 e. The first-order chi connectivity index (χ1) is 18.3. The normalized spacial score (nSPS) is 22.5. The summed E-state index contributed by atoms with van der Waals surface area (Å²) in [4.78, 5) is 25.5. The van der Waals surface area contributed by atoms with Crippen LogP contribution in [0.5, 0.6) is 5.75 Å². The Balaban J connectivity index is 1.50. The summed E-state index contributed by atoms with van der Waals surface area (Å²) in [5, 5.41) is 7.97. The minimum Gasteiger partial charge on any atom is -0.406 e. The molecule has 0 aliphatic heterocycles. The molecule has 0 bridgehead atoms. The topological polar surface area (TPSA) is 99.2 Å². The molecule has 0 radical (unpaired) electrons. The number of benzene rings is 1. The summed E-state index contributed by atoms with van der Waals surface area (Å²) >= 11 is 6.33. The number of alkyl halides is 3. The molecule has 3 aliphatic carbocycles. The number of hydrogen-bond donors (Lipinski definition) is 2. The molecule has 0 spiro atoms. The van der Waals surface area contributed by atoms with Gasteiger partial charge in [0.15, 0.2) is 5.69 Å². The molecule has 2 atom stereocenters. The van der Waals surface area contributed by atoms with Gasteiger partial charge in [0.05, 0.1) is 22.5 Å². The number of carbonyl (C=O) groups is 2. The molecule has 1 aromatic heterocycles. The van der Waals surface area contributed by atoms with E-state index in [1.54, 1.807) is 0 Å². The molecular weight excluding hydrogens is 533 g/mol. The number of amides is 2. The van der Waals surface area contributed by atoms with Gasteiger partial charge in [0, 0.05) is 17.0 Å². The smallest absolute Gasteiger partial charge is 0.406 e. The van der Waals surface area contributed by atoms with Crippen LogP contribution in [0.2, 0.25) is 0 Å². The second-order valence-electron chi connectivity index (χ2n) is 10.2. The third kappa shape index (κ3) is 5.38. The number of rotatable bonds is 5. The first-order valence-electron chi connectivity index (χ1n) is 12.4. The van der Waals surface area contributed by atoms with Crippen LogP contribution in [0.25, 0.3) is 11.3 Å². The lowest BCUT2D eigenvalue weighted by Gasteiger charge is -2.35. The van der Waals surface area contributed by atoms with Gasteiger partial charge in [0.25, 0.3) is 11.8 Å². The van der Waals surface area contributed by atoms with Crippen molar-refractivity contribution in [3.8, 4) is 11.4 Å². The molecule has 1 heterocycles. The SMILES string of the molecule is CC1C=C(C(=O)NC2(C)C=CC3=C(C2)c2c(c(C(N)=O)nn2-c2ccc(OC(F)(F)F)cc2)CC3)C(Cl)=CC1. The van der Waals surface area contributed by atoms with Crippen LogP contribution in [0.1, 0.15) is 54.9 Å². The molecule has 3 N–H and O–H groups in total. The Hall–Kier alpha value is -3.79. The van der Waals surface area contributed by atoms with Crippen molar-refractivity contribution in [1.29, 1.82) is 0 Å². The zero-order valence-electron chi connectivity index (χ0n) is 21.2. The molecule has 3 aliphatic rings. The average molecular weight is 559 g/mol. The number of halogens is 4. The van der Waals surface area contributed by atoms with Crippen molar-refractivity contribution in [3.63, 3.8) is 0 Å². The minimum absolute atomic E-state index is 0.103. The number of aromatic nitrogens is 2. The molecule has 0 saturated heterocycles. The van der Waals surface area contributed by atoms with Crippen molar-refractivity contribution in [2.75, 3.05) is 0 Å². The van der Waals surface area contributed by atoms with Crippen LogP contribution in [0.15, 0.2) is 64.7 Å². The van der Waals surface area contributed by atoms with Crippen molar-refractivity contribution in [3.05, 3.63) is 81.7 Å². The summed E-state index contributed by atoms with van der Waals surface area (Å²) in [6.07, 6.45) is 5.09. The van der Waals surface area contributed by atoms with Crippen LogP contribution >= 0.6 is 11.6 Å². The number of nitrogens with zero attached hydrogens (tertiary/aromatic N) is 2. The van der Waals surface area contributed by atoms with Crippen molar-refractivity contribution in [1.82, 2.24) is 15.1 Å². The minimum atomic E-state index is -4.82. The number of nitrogens with two attached hydrogens (primary N) is 1. The fourth-order valence-electron chi connectivity index (χ4n) is 5.25. The Morgan fingerprint density at radius 2 is 1.95 bits per heavy atom. The zero-order chi connectivity index (χ0) is 28.1. The van der Waals surface area contributed by atoms with E-state index in [-0.39, 0.29) is 23.3 Å². The zero-order valence-corrected chi connectivity index (χ0v) is 22.0. The quantitative estimate of drug-likeness (QED) is 0.507. The number of allylic oxidation sites excluding steroid dienone is 4. The molecule has 7 nitrogen and oxygen atoms in total. The molecule has 39 heavy (non-hydrogen) atoms. The van der Waals surface area contributed by atoms with E-state index >= 15 is 0 Å². The van der Waals surface area contributed by atoms with Crippen LogP contribution in [0, 0.1) is 5.92 Å². The number of ether oxygens (including phenoxy) is 1. The molecule has 2 aromatic rings. The standard InChI is InChI=1S/C28H26ClF3N4O3/c1-15-3-10-22(29)20(13-15)26(38)34-27(2)12-11-16-4-9-19-23(25(33)37)35-36(24(19)21(16)14-27)17-5-7-18(8-6-17)39-28(30,31)32/h5-8,10-13,15H,3-4,9,14H2,1-2H3,(H2,33,37)(H,34,38). The molecule has 11 heteroatoms. The van der Waals surface area contributed by atoms with Crippen LogP contribution in [-0.2, 0) is 11.2 Å². The molecule has 0 fully saturated rings. The summed E-state index contributed by atoms with van der Waals surface area (Å²) in [6.45, 7) is 3.90. The van der Waals surface area contributed by atoms with E-state index in [4.69, 9.17) is 17.3 Å². The second kappa shape index (κ2) is 9.75. The molecule has 5 rings (SSSR count). The van der Waals surface area contributed by atoms with Crippen LogP contribution in [-0.4, -0.2) is 33.5 Å². The summed E-state index contributed by atoms with van der Waals surface area (Å²) in [7, 11) is 0. The van der Waals surface area contributed by atoms with Gasteiger partial charge in [-0.25, -0.2) is 4.68 Å². The van der Waals surface area contributed by atoms with Crippen LogP contribution < -0.4 is 15.8 Å². The number of carbonyl (C=O) groups excluding carboxylic acids is 2. The molecule has 2 amide bonds. The van der Waals surface area contributed by atoms with Crippen molar-refractivity contribution in [2.24, 2.45) is 11.7 Å². The Morgan fingerprint density at radius 1 is 1.23 bits per heavy atom. The van der Waals surface area contributed by atoms with E-state index in [0.717, 1.165) is 17.6 Å². The van der Waals surface area contributed by atoms with E-state index < -0.39 is 17.8 Å². The third-order valence-corrected chi connectivity index (χ3v) is 7.42. The Labute approximate surface area is 227 Å². The maximum absolute atomic E-state index is 13.2. The Kier molecular flexibility index (Phi) is 6.70. The van der Waals surface area contributed by atoms with Gasteiger partial charge in [-0.1, -0.05) is 42.8 Å². The van der Waals surface area contributed by atoms with Crippen LogP contribution in [0.4, 0.5) is 13.2 Å². The summed E-state index contributed by atoms with van der Waals surface area (Å²) in [5.41, 5.74) is 9.01. The van der Waals surface area contributed by atoms with E-state index in [1.807, 2.05) is 38.2 Å². The Bertz CT molecular complexity index is 1480. The molecule has 1 aromatic carbocycles. The van der Waals surface area contributed by atoms with E-state index in [9.17, 15) is 22.8 Å². The number of fused-ring (bicyclic) bond motifs is 2. The lowest BCUT2D eigenvalue weighted by Crippen LogP contribution is -2.46. The highest BCUT2D eigenvalue weighted by molar-refractivity contribution is 6.35. The highest BCUT2D eigenvalue weighted by Gasteiger charge is 2.37. The third-order valence-electron chi connectivity index (χ3n) is 7.07. The van der Waals surface area contributed by atoms with Gasteiger partial charge in [-0.2, -0.15) is 5.10 Å². The monoisotopic (exact) mass is 558 g/mol. The van der Waals surface area contributed by atoms with Crippen LogP contribution in [0.3, 0.4) is 0 Å². The van der Waals surface area contributed by atoms with Gasteiger partial charge in [-0.15, -0.1) is 13.2 Å². The van der Waals surface area contributed by atoms with E-state index in [0.29, 0.717) is 46.8 Å². The van der Waals surface area contributed by atoms with Crippen molar-refractivity contribution < 1.29 is 27.5 Å². The van der Waals surface area contributed by atoms with Gasteiger partial charge >= 0.3 is 6.36 Å². The summed E-state index contributed by atoms with van der Waals surface area (Å²) in [5.74, 6) is -1.18. The second-order valence-corrected chi connectivity index (χ2v) is 10.6. The number of nitrogens with one attached hydrogen (secondary N) is 1. The fraction of sp³-hybridized carbons (Fsp3) is 0.321. The lowest BCUT2D eigenvalue weighted by atomic mass is 9.77. The maximum atomic E-state index is 13.2. The number of primary amides is 1. The molecular formula is C28H26ClF3N4O3. The van der Waals surface area contributed by atoms with Gasteiger partial charge in [0.2, 0.25) is 0 Å². The predicted molar refractivity (Wildman–Crippen MR) is 140 cm³/mol. The molecule has 0 saturated carbocycles. The number of hydrogen-bond acceptors (Lipinski definition) is 4. The Morgan fingerprint density at radius 3 is 2.62 bits per heavy atom. The first kappa shape index (κ1) is 26.8. The van der Waals surface area contributed by atoms with Gasteiger partial charge in [-0.3, -0.25) is 9.59 Å². The highest BCUT2D eigenvalue weighted by atomic mass is 35.5. The van der Waals surface area contributed by atoms with Crippen molar-refractivity contribution >= 4 is 29.0 Å². The van der Waals surface area contributed by atoms with Gasteiger partial charge in [-0.05, 0) is 67.5 Å². The highest BCUT2D eigenvalue weighted by Crippen LogP contribution is 2.43. The molecule has 204 valence electrons. The first-order valence-corrected chi connectivity index (χ1v) is 12.8. The van der Waals surface area contributed by atoms with Gasteiger partial charge in [0.1, 0.15) is 5.75 Å². The van der Waals surface area contributed by atoms with Crippen molar-refractivity contribution in [2.45, 2.75) is 51.4 Å². The van der Waals surface area contributed by atoms with E-state index in [2.05, 4.69) is 15.2 Å². The predicted octanol–water partition coefficient (Wildman–Crippen LogP) is 5.49.